The van der Waals surface area contributed by atoms with E-state index in [0.717, 1.165) is 0 Å². The highest BCUT2D eigenvalue weighted by molar-refractivity contribution is 5.81. The molecule has 1 N–H and O–H groups in total. The molecule has 0 aromatic rings. The van der Waals surface area contributed by atoms with Gasteiger partial charge in [0.2, 0.25) is 0 Å². The Morgan fingerprint density at radius 2 is 0.712 bits per heavy atom. The van der Waals surface area contributed by atoms with E-state index in [-0.39, 0.29) is 45.8 Å². The molecule has 1 heterocycles. The van der Waals surface area contributed by atoms with Crippen LogP contribution in [-0.2, 0) is 42.9 Å². The number of hydrogen-bond acceptors (Lipinski definition) is 14. The van der Waals surface area contributed by atoms with Gasteiger partial charge in [0.05, 0.1) is 19.6 Å². The van der Waals surface area contributed by atoms with E-state index in [4.69, 9.17) is 23.7 Å². The number of rotatable bonds is 9. The molecule has 0 aromatic heterocycles. The van der Waals surface area contributed by atoms with Gasteiger partial charge in [-0.25, -0.2) is 9.59 Å². The highest BCUT2D eigenvalue weighted by Crippen LogP contribution is 2.15. The lowest BCUT2D eigenvalue weighted by molar-refractivity contribution is -0.164. The van der Waals surface area contributed by atoms with Crippen molar-refractivity contribution in [3.63, 3.8) is 0 Å². The Morgan fingerprint density at radius 1 is 0.442 bits per heavy atom. The van der Waals surface area contributed by atoms with Gasteiger partial charge < -0.3 is 23.7 Å². The van der Waals surface area contributed by atoms with Crippen LogP contribution in [0, 0.1) is 0 Å². The fourth-order valence-electron chi connectivity index (χ4n) is 5.03. The normalized spacial score (nSPS) is 17.9. The van der Waals surface area contributed by atoms with Gasteiger partial charge in [0.25, 0.3) is 0 Å². The topological polar surface area (TPSA) is 156 Å². The van der Waals surface area contributed by atoms with Crippen molar-refractivity contribution in [3.05, 3.63) is 0 Å². The summed E-state index contributed by atoms with van der Waals surface area (Å²) in [5.41, 5.74) is -3.76. The first-order valence-electron chi connectivity index (χ1n) is 18.2. The van der Waals surface area contributed by atoms with Crippen LogP contribution in [0.2, 0.25) is 0 Å². The van der Waals surface area contributed by atoms with Crippen LogP contribution in [0.25, 0.3) is 0 Å². The second-order valence-corrected chi connectivity index (χ2v) is 18.2. The molecule has 0 radical (unpaired) electrons. The van der Waals surface area contributed by atoms with E-state index in [1.165, 1.54) is 0 Å². The standard InChI is InChI=1S/C37H69N5O10/c1-33(2,3)48-27(43)24-39-16-18-40(25-28(44)49-34(4,5)6)20-22-42(23-21-41(19-17-39)26-29(45)50-35(7,8)9)30(31(46)51-36(10,11)12)38-32(47)52-37(13,14)15/h30H,16-26H2,1-15H3,(H,38,47). The zero-order valence-corrected chi connectivity index (χ0v) is 34.7. The Hall–Kier alpha value is -3.01. The summed E-state index contributed by atoms with van der Waals surface area (Å²) in [5.74, 6) is -1.93. The molecule has 52 heavy (non-hydrogen) atoms. The van der Waals surface area contributed by atoms with Crippen molar-refractivity contribution in [2.45, 2.75) is 138 Å². The minimum Gasteiger partial charge on any atom is -0.459 e. The molecule has 1 atom stereocenters. The van der Waals surface area contributed by atoms with Crippen molar-refractivity contribution in [2.24, 2.45) is 0 Å². The molecular weight excluding hydrogens is 674 g/mol. The van der Waals surface area contributed by atoms with Gasteiger partial charge in [-0.2, -0.15) is 0 Å². The number of nitrogens with one attached hydrogen (secondary N) is 1. The number of esters is 4. The Labute approximate surface area is 312 Å². The van der Waals surface area contributed by atoms with E-state index in [9.17, 15) is 24.0 Å². The smallest absolute Gasteiger partial charge is 0.409 e. The second-order valence-electron chi connectivity index (χ2n) is 18.2. The van der Waals surface area contributed by atoms with E-state index in [2.05, 4.69) is 5.32 Å². The molecule has 1 aliphatic heterocycles. The molecule has 1 unspecified atom stereocenters. The van der Waals surface area contributed by atoms with Crippen LogP contribution >= 0.6 is 0 Å². The maximum absolute atomic E-state index is 13.8. The molecule has 15 heteroatoms. The van der Waals surface area contributed by atoms with Crippen molar-refractivity contribution in [2.75, 3.05) is 72.0 Å². The van der Waals surface area contributed by atoms with Gasteiger partial charge in [0.15, 0.2) is 6.17 Å². The summed E-state index contributed by atoms with van der Waals surface area (Å²) >= 11 is 0. The van der Waals surface area contributed by atoms with Gasteiger partial charge in [0.1, 0.15) is 28.0 Å². The minimum atomic E-state index is -1.26. The molecule has 0 aromatic carbocycles. The third-order valence-corrected chi connectivity index (χ3v) is 6.84. The average Bonchev–Trinajstić information content (AvgIpc) is 2.86. The predicted octanol–water partition coefficient (Wildman–Crippen LogP) is 3.43. The number of alkyl carbamates (subject to hydrolysis) is 1. The van der Waals surface area contributed by atoms with Crippen LogP contribution in [0.15, 0.2) is 0 Å². The zero-order valence-electron chi connectivity index (χ0n) is 34.7. The average molecular weight is 744 g/mol. The lowest BCUT2D eigenvalue weighted by atomic mass is 10.2. The van der Waals surface area contributed by atoms with Gasteiger partial charge in [-0.05, 0) is 104 Å². The van der Waals surface area contributed by atoms with Gasteiger partial charge in [-0.15, -0.1) is 0 Å². The first-order chi connectivity index (χ1) is 23.4. The molecule has 0 saturated carbocycles. The summed E-state index contributed by atoms with van der Waals surface area (Å²) in [6, 6.07) is 0. The molecule has 1 aliphatic rings. The summed E-state index contributed by atoms with van der Waals surface area (Å²) < 4.78 is 28.2. The van der Waals surface area contributed by atoms with Crippen molar-refractivity contribution in [1.82, 2.24) is 24.9 Å². The number of carbonyl (C=O) groups excluding carboxylic acids is 5. The van der Waals surface area contributed by atoms with E-state index < -0.39 is 64.1 Å². The molecule has 302 valence electrons. The molecule has 0 spiro atoms. The van der Waals surface area contributed by atoms with Crippen molar-refractivity contribution in [3.8, 4) is 0 Å². The Bertz CT molecular complexity index is 1150. The van der Waals surface area contributed by atoms with E-state index >= 15 is 0 Å². The monoisotopic (exact) mass is 744 g/mol. The molecule has 1 amide bonds. The van der Waals surface area contributed by atoms with Crippen LogP contribution in [0.5, 0.6) is 0 Å². The van der Waals surface area contributed by atoms with Crippen LogP contribution in [0.3, 0.4) is 0 Å². The first kappa shape index (κ1) is 47.0. The Balaban J connectivity index is 3.60. The molecule has 1 rings (SSSR count). The summed E-state index contributed by atoms with van der Waals surface area (Å²) in [6.07, 6.45) is -2.06. The molecule has 1 fully saturated rings. The SMILES string of the molecule is CC(C)(C)OC(=O)CN1CCN(CC(=O)OC(C)(C)C)CCN(C(NC(=O)OC(C)(C)C)C(=O)OC(C)(C)C)CCN(CC(=O)OC(C)(C)C)CC1. The van der Waals surface area contributed by atoms with Crippen molar-refractivity contribution in [1.29, 1.82) is 0 Å². The van der Waals surface area contributed by atoms with Gasteiger partial charge in [-0.3, -0.25) is 39.3 Å². The number of carbonyl (C=O) groups is 5. The molecular formula is C37H69N5O10. The highest BCUT2D eigenvalue weighted by Gasteiger charge is 2.35. The summed E-state index contributed by atoms with van der Waals surface area (Å²) in [6.45, 7) is 28.9. The largest absolute Gasteiger partial charge is 0.459 e. The number of amides is 1. The van der Waals surface area contributed by atoms with Crippen LogP contribution < -0.4 is 5.32 Å². The molecule has 15 nitrogen and oxygen atoms in total. The maximum Gasteiger partial charge on any atom is 0.409 e. The summed E-state index contributed by atoms with van der Waals surface area (Å²) in [5, 5.41) is 2.71. The van der Waals surface area contributed by atoms with Gasteiger partial charge >= 0.3 is 30.0 Å². The van der Waals surface area contributed by atoms with Gasteiger partial charge in [-0.1, -0.05) is 0 Å². The van der Waals surface area contributed by atoms with E-state index in [0.29, 0.717) is 26.2 Å². The van der Waals surface area contributed by atoms with E-state index in [1.807, 2.05) is 14.7 Å². The fourth-order valence-corrected chi connectivity index (χ4v) is 5.03. The van der Waals surface area contributed by atoms with Crippen LogP contribution in [0.1, 0.15) is 104 Å². The van der Waals surface area contributed by atoms with Crippen LogP contribution in [-0.4, -0.2) is 156 Å². The molecule has 0 aliphatic carbocycles. The first-order valence-corrected chi connectivity index (χ1v) is 18.2. The summed E-state index contributed by atoms with van der Waals surface area (Å²) in [4.78, 5) is 73.4. The molecule has 0 bridgehead atoms. The van der Waals surface area contributed by atoms with Crippen molar-refractivity contribution >= 4 is 30.0 Å². The number of nitrogens with zero attached hydrogens (tertiary/aromatic N) is 4. The highest BCUT2D eigenvalue weighted by atomic mass is 16.6. The second kappa shape index (κ2) is 19.4. The maximum atomic E-state index is 13.8. The lowest BCUT2D eigenvalue weighted by Gasteiger charge is -2.37. The predicted molar refractivity (Wildman–Crippen MR) is 197 cm³/mol. The number of hydrogen-bond donors (Lipinski definition) is 1. The zero-order chi connectivity index (χ0) is 40.3. The Kier molecular flexibility index (Phi) is 17.5. The minimum absolute atomic E-state index is 0.00444. The van der Waals surface area contributed by atoms with Crippen molar-refractivity contribution < 1.29 is 47.7 Å². The van der Waals surface area contributed by atoms with Gasteiger partial charge in [0, 0.05) is 52.4 Å². The third-order valence-electron chi connectivity index (χ3n) is 6.84. The third kappa shape index (κ3) is 22.8. The number of ether oxygens (including phenoxy) is 5. The Morgan fingerprint density at radius 3 is 0.981 bits per heavy atom. The van der Waals surface area contributed by atoms with Crippen LogP contribution in [0.4, 0.5) is 4.79 Å². The van der Waals surface area contributed by atoms with E-state index in [1.54, 1.807) is 109 Å². The lowest BCUT2D eigenvalue weighted by Crippen LogP contribution is -2.59. The molecule has 1 saturated heterocycles. The summed E-state index contributed by atoms with van der Waals surface area (Å²) in [7, 11) is 0. The quantitative estimate of drug-likeness (QED) is 0.271. The fraction of sp³-hybridized carbons (Fsp3) is 0.865.